The first-order valence-corrected chi connectivity index (χ1v) is 9.34. The number of benzene rings is 2. The number of hydrogen-bond donors (Lipinski definition) is 0. The van der Waals surface area contributed by atoms with Crippen molar-refractivity contribution in [3.63, 3.8) is 0 Å². The van der Waals surface area contributed by atoms with Crippen molar-refractivity contribution in [3.05, 3.63) is 64.2 Å². The number of aromatic nitrogens is 1. The van der Waals surface area contributed by atoms with Crippen molar-refractivity contribution in [2.45, 2.75) is 19.3 Å². The number of hydrogen-bond acceptors (Lipinski definition) is 5. The van der Waals surface area contributed by atoms with Gasteiger partial charge in [-0.05, 0) is 36.8 Å². The molecule has 1 saturated heterocycles. The van der Waals surface area contributed by atoms with E-state index in [9.17, 15) is 10.1 Å². The highest BCUT2D eigenvalue weighted by atomic mass is 32.1. The maximum Gasteiger partial charge on any atom is 0.270 e. The highest BCUT2D eigenvalue weighted by Crippen LogP contribution is 2.33. The summed E-state index contributed by atoms with van der Waals surface area (Å²) in [5.74, 6) is 0.717. The van der Waals surface area contributed by atoms with Gasteiger partial charge in [0.15, 0.2) is 5.13 Å². The molecule has 1 fully saturated rings. The van der Waals surface area contributed by atoms with Gasteiger partial charge in [-0.25, -0.2) is 4.98 Å². The normalized spacial score (nSPS) is 15.6. The molecule has 1 aliphatic rings. The molecule has 5 nitrogen and oxygen atoms in total. The van der Waals surface area contributed by atoms with Gasteiger partial charge < -0.3 is 4.90 Å². The molecule has 25 heavy (non-hydrogen) atoms. The minimum atomic E-state index is -0.353. The van der Waals surface area contributed by atoms with Gasteiger partial charge in [0.2, 0.25) is 0 Å². The van der Waals surface area contributed by atoms with E-state index < -0.39 is 0 Å². The number of rotatable bonds is 4. The number of thiazole rings is 1. The lowest BCUT2D eigenvalue weighted by Gasteiger charge is -2.31. The van der Waals surface area contributed by atoms with Crippen molar-refractivity contribution >= 4 is 32.4 Å². The summed E-state index contributed by atoms with van der Waals surface area (Å²) in [7, 11) is 0. The molecule has 2 aromatic carbocycles. The van der Waals surface area contributed by atoms with Crippen molar-refractivity contribution in [1.29, 1.82) is 0 Å². The first kappa shape index (κ1) is 16.0. The van der Waals surface area contributed by atoms with Gasteiger partial charge in [0, 0.05) is 25.2 Å². The Labute approximate surface area is 150 Å². The number of piperidine rings is 1. The van der Waals surface area contributed by atoms with Crippen LogP contribution in [0, 0.1) is 16.0 Å². The summed E-state index contributed by atoms with van der Waals surface area (Å²) in [5, 5.41) is 11.9. The maximum absolute atomic E-state index is 10.9. The highest BCUT2D eigenvalue weighted by molar-refractivity contribution is 7.22. The zero-order valence-electron chi connectivity index (χ0n) is 13.8. The van der Waals surface area contributed by atoms with E-state index in [0.717, 1.165) is 47.7 Å². The highest BCUT2D eigenvalue weighted by Gasteiger charge is 2.22. The van der Waals surface area contributed by atoms with Crippen LogP contribution in [0.1, 0.15) is 18.4 Å². The standard InChI is InChI=1S/C19H19N3O2S/c23-22(24)16-6-7-17-18(13-16)25-19(20-17)21-10-8-15(9-11-21)12-14-4-2-1-3-5-14/h1-7,13,15H,8-12H2. The third-order valence-corrected chi connectivity index (χ3v) is 5.90. The first-order valence-electron chi connectivity index (χ1n) is 8.53. The van der Waals surface area contributed by atoms with Gasteiger partial charge >= 0.3 is 0 Å². The molecule has 3 aromatic rings. The molecule has 0 atom stereocenters. The van der Waals surface area contributed by atoms with Gasteiger partial charge in [0.05, 0.1) is 15.1 Å². The van der Waals surface area contributed by atoms with E-state index in [1.54, 1.807) is 23.5 Å². The van der Waals surface area contributed by atoms with Crippen molar-refractivity contribution in [1.82, 2.24) is 4.98 Å². The van der Waals surface area contributed by atoms with E-state index in [2.05, 4.69) is 40.2 Å². The second-order valence-corrected chi connectivity index (χ2v) is 7.53. The zero-order valence-corrected chi connectivity index (χ0v) is 14.6. The van der Waals surface area contributed by atoms with Crippen LogP contribution in [-0.2, 0) is 6.42 Å². The van der Waals surface area contributed by atoms with E-state index in [1.165, 1.54) is 11.6 Å². The Morgan fingerprint density at radius 1 is 1.16 bits per heavy atom. The molecule has 128 valence electrons. The Balaban J connectivity index is 1.43. The molecule has 0 bridgehead atoms. The molecule has 0 radical (unpaired) electrons. The maximum atomic E-state index is 10.9. The Morgan fingerprint density at radius 3 is 2.64 bits per heavy atom. The predicted octanol–water partition coefficient (Wildman–Crippen LogP) is 4.66. The van der Waals surface area contributed by atoms with Crippen LogP contribution in [-0.4, -0.2) is 23.0 Å². The largest absolute Gasteiger partial charge is 0.348 e. The second-order valence-electron chi connectivity index (χ2n) is 6.53. The summed E-state index contributed by atoms with van der Waals surface area (Å²) in [5.41, 5.74) is 2.38. The summed E-state index contributed by atoms with van der Waals surface area (Å²) >= 11 is 1.55. The predicted molar refractivity (Wildman–Crippen MR) is 101 cm³/mol. The Bertz CT molecular complexity index is 886. The van der Waals surface area contributed by atoms with E-state index in [4.69, 9.17) is 0 Å². The average Bonchev–Trinajstić information content (AvgIpc) is 3.06. The smallest absolute Gasteiger partial charge is 0.270 e. The van der Waals surface area contributed by atoms with Crippen LogP contribution in [0.2, 0.25) is 0 Å². The zero-order chi connectivity index (χ0) is 17.2. The SMILES string of the molecule is O=[N+]([O-])c1ccc2nc(N3CCC(Cc4ccccc4)CC3)sc2c1. The number of nitro benzene ring substituents is 1. The fourth-order valence-electron chi connectivity index (χ4n) is 3.43. The molecule has 0 N–H and O–H groups in total. The van der Waals surface area contributed by atoms with E-state index >= 15 is 0 Å². The summed E-state index contributed by atoms with van der Waals surface area (Å²) in [6, 6.07) is 15.6. The topological polar surface area (TPSA) is 59.3 Å². The van der Waals surface area contributed by atoms with Crippen LogP contribution >= 0.6 is 11.3 Å². The second kappa shape index (κ2) is 6.80. The van der Waals surface area contributed by atoms with Crippen LogP contribution in [0.4, 0.5) is 10.8 Å². The van der Waals surface area contributed by atoms with E-state index in [0.29, 0.717) is 5.92 Å². The molecule has 1 aliphatic heterocycles. The fourth-order valence-corrected chi connectivity index (χ4v) is 4.48. The molecule has 6 heteroatoms. The number of nitrogens with zero attached hydrogens (tertiary/aromatic N) is 3. The molecule has 0 saturated carbocycles. The lowest BCUT2D eigenvalue weighted by molar-refractivity contribution is -0.384. The van der Waals surface area contributed by atoms with Gasteiger partial charge in [-0.1, -0.05) is 41.7 Å². The molecule has 0 spiro atoms. The molecular weight excluding hydrogens is 334 g/mol. The monoisotopic (exact) mass is 353 g/mol. The Kier molecular flexibility index (Phi) is 4.36. The Hall–Kier alpha value is -2.47. The van der Waals surface area contributed by atoms with Gasteiger partial charge in [0.1, 0.15) is 0 Å². The molecular formula is C19H19N3O2S. The lowest BCUT2D eigenvalue weighted by atomic mass is 9.90. The van der Waals surface area contributed by atoms with Crippen LogP contribution in [0.5, 0.6) is 0 Å². The number of nitro groups is 1. The van der Waals surface area contributed by atoms with Gasteiger partial charge in [-0.2, -0.15) is 0 Å². The lowest BCUT2D eigenvalue weighted by Crippen LogP contribution is -2.34. The van der Waals surface area contributed by atoms with Gasteiger partial charge in [-0.15, -0.1) is 0 Å². The summed E-state index contributed by atoms with van der Waals surface area (Å²) in [6.07, 6.45) is 3.46. The third kappa shape index (κ3) is 3.49. The Morgan fingerprint density at radius 2 is 1.92 bits per heavy atom. The number of anilines is 1. The number of non-ortho nitro benzene ring substituents is 1. The van der Waals surface area contributed by atoms with Crippen molar-refractivity contribution in [2.24, 2.45) is 5.92 Å². The van der Waals surface area contributed by atoms with Crippen molar-refractivity contribution < 1.29 is 4.92 Å². The summed E-state index contributed by atoms with van der Waals surface area (Å²) in [6.45, 7) is 2.00. The first-order chi connectivity index (χ1) is 12.2. The number of fused-ring (bicyclic) bond motifs is 1. The molecule has 0 amide bonds. The summed E-state index contributed by atoms with van der Waals surface area (Å²) < 4.78 is 0.885. The fraction of sp³-hybridized carbons (Fsp3) is 0.316. The van der Waals surface area contributed by atoms with Crippen LogP contribution in [0.15, 0.2) is 48.5 Å². The van der Waals surface area contributed by atoms with Crippen LogP contribution in [0.25, 0.3) is 10.2 Å². The molecule has 2 heterocycles. The minimum Gasteiger partial charge on any atom is -0.348 e. The summed E-state index contributed by atoms with van der Waals surface area (Å²) in [4.78, 5) is 17.6. The van der Waals surface area contributed by atoms with E-state index in [-0.39, 0.29) is 10.6 Å². The van der Waals surface area contributed by atoms with Gasteiger partial charge in [-0.3, -0.25) is 10.1 Å². The van der Waals surface area contributed by atoms with Crippen molar-refractivity contribution in [2.75, 3.05) is 18.0 Å². The average molecular weight is 353 g/mol. The van der Waals surface area contributed by atoms with E-state index in [1.807, 2.05) is 0 Å². The third-order valence-electron chi connectivity index (χ3n) is 4.82. The molecule has 4 rings (SSSR count). The molecule has 0 aliphatic carbocycles. The van der Waals surface area contributed by atoms with Crippen LogP contribution < -0.4 is 4.90 Å². The molecule has 0 unspecified atom stereocenters. The molecule has 1 aromatic heterocycles. The minimum absolute atomic E-state index is 0.129. The van der Waals surface area contributed by atoms with Crippen LogP contribution in [0.3, 0.4) is 0 Å². The van der Waals surface area contributed by atoms with Gasteiger partial charge in [0.25, 0.3) is 5.69 Å². The van der Waals surface area contributed by atoms with Crippen molar-refractivity contribution in [3.8, 4) is 0 Å². The quantitative estimate of drug-likeness (QED) is 0.505.